The Bertz CT molecular complexity index is 893. The van der Waals surface area contributed by atoms with Crippen LogP contribution in [0.3, 0.4) is 0 Å². The van der Waals surface area contributed by atoms with Crippen LogP contribution in [-0.2, 0) is 6.42 Å². The molecule has 0 fully saturated rings. The largest absolute Gasteiger partial charge is 0.505 e. The van der Waals surface area contributed by atoms with Gasteiger partial charge in [0.25, 0.3) is 0 Å². The molecule has 1 aromatic heterocycles. The van der Waals surface area contributed by atoms with Gasteiger partial charge in [-0.2, -0.15) is 5.26 Å². The average molecular weight is 294 g/mol. The number of fused-ring (bicyclic) bond motifs is 1. The lowest BCUT2D eigenvalue weighted by molar-refractivity contribution is 0.299. The Kier molecular flexibility index (Phi) is 3.49. The number of aromatic nitrogens is 3. The molecule has 0 unspecified atom stereocenters. The van der Waals surface area contributed by atoms with E-state index in [1.807, 2.05) is 6.07 Å². The van der Waals surface area contributed by atoms with Crippen molar-refractivity contribution in [3.63, 3.8) is 0 Å². The molecule has 0 bridgehead atoms. The smallest absolute Gasteiger partial charge is 0.146 e. The van der Waals surface area contributed by atoms with E-state index in [1.165, 1.54) is 4.80 Å². The molecule has 6 heteroatoms. The fraction of sp³-hybridized carbons (Fsp3) is 0.188. The van der Waals surface area contributed by atoms with Crippen LogP contribution < -0.4 is 0 Å². The van der Waals surface area contributed by atoms with Gasteiger partial charge in [-0.3, -0.25) is 0 Å². The molecule has 0 aliphatic heterocycles. The van der Waals surface area contributed by atoms with Crippen LogP contribution in [0.25, 0.3) is 16.7 Å². The van der Waals surface area contributed by atoms with Gasteiger partial charge in [-0.1, -0.05) is 6.07 Å². The fourth-order valence-electron chi connectivity index (χ4n) is 2.35. The third kappa shape index (κ3) is 2.38. The minimum absolute atomic E-state index is 0.0314. The topological polar surface area (TPSA) is 95.0 Å². The molecule has 0 aliphatic carbocycles. The summed E-state index contributed by atoms with van der Waals surface area (Å²) in [5, 5.41) is 36.9. The second-order valence-corrected chi connectivity index (χ2v) is 5.06. The minimum Gasteiger partial charge on any atom is -0.505 e. The Morgan fingerprint density at radius 1 is 1.18 bits per heavy atom. The van der Waals surface area contributed by atoms with Crippen LogP contribution in [0, 0.1) is 18.3 Å². The Balaban J connectivity index is 2.16. The summed E-state index contributed by atoms with van der Waals surface area (Å²) in [6.07, 6.45) is 0.494. The van der Waals surface area contributed by atoms with Crippen molar-refractivity contribution in [1.82, 2.24) is 15.0 Å². The summed E-state index contributed by atoms with van der Waals surface area (Å²) in [7, 11) is 0. The first-order valence-electron chi connectivity index (χ1n) is 6.83. The highest BCUT2D eigenvalue weighted by atomic mass is 16.3. The summed E-state index contributed by atoms with van der Waals surface area (Å²) in [6.45, 7) is 1.82. The second-order valence-electron chi connectivity index (χ2n) is 5.06. The van der Waals surface area contributed by atoms with E-state index >= 15 is 0 Å². The maximum Gasteiger partial charge on any atom is 0.146 e. The maximum absolute atomic E-state index is 10.3. The van der Waals surface area contributed by atoms with Crippen LogP contribution in [0.2, 0.25) is 0 Å². The van der Waals surface area contributed by atoms with Crippen molar-refractivity contribution >= 4 is 11.0 Å². The highest BCUT2D eigenvalue weighted by Crippen LogP contribution is 2.27. The Labute approximate surface area is 126 Å². The zero-order chi connectivity index (χ0) is 15.7. The molecule has 2 N–H and O–H groups in total. The van der Waals surface area contributed by atoms with Crippen molar-refractivity contribution in [1.29, 1.82) is 5.26 Å². The molecule has 2 aromatic carbocycles. The summed E-state index contributed by atoms with van der Waals surface area (Å²) >= 11 is 0. The number of phenolic OH excluding ortho intramolecular Hbond substituents is 1. The number of nitriles is 1. The molecule has 1 heterocycles. The quantitative estimate of drug-likeness (QED) is 0.768. The standard InChI is InChI=1S/C16H14N4O2/c1-10-6-11(4-5-21)8-15(16(10)22)20-18-13-3-2-12(9-17)7-14(13)19-20/h2-3,6-8,21-22H,4-5H2,1H3. The number of aliphatic hydroxyl groups is 1. The molecule has 3 rings (SSSR count). The summed E-state index contributed by atoms with van der Waals surface area (Å²) in [6, 6.07) is 10.7. The number of aliphatic hydroxyl groups excluding tert-OH is 1. The first kappa shape index (κ1) is 14.0. The molecule has 22 heavy (non-hydrogen) atoms. The zero-order valence-corrected chi connectivity index (χ0v) is 12.0. The number of aryl methyl sites for hydroxylation is 1. The van der Waals surface area contributed by atoms with Gasteiger partial charge in [-0.25, -0.2) is 0 Å². The molecule has 3 aromatic rings. The van der Waals surface area contributed by atoms with Gasteiger partial charge in [0.15, 0.2) is 0 Å². The molecule has 0 saturated carbocycles. The van der Waals surface area contributed by atoms with Crippen molar-refractivity contribution in [2.24, 2.45) is 0 Å². The fourth-order valence-corrected chi connectivity index (χ4v) is 2.35. The number of rotatable bonds is 3. The maximum atomic E-state index is 10.3. The van der Waals surface area contributed by atoms with E-state index in [1.54, 1.807) is 31.2 Å². The Morgan fingerprint density at radius 2 is 1.95 bits per heavy atom. The molecule has 0 aliphatic rings. The highest BCUT2D eigenvalue weighted by molar-refractivity contribution is 5.75. The summed E-state index contributed by atoms with van der Waals surface area (Å²) in [4.78, 5) is 1.36. The van der Waals surface area contributed by atoms with Crippen molar-refractivity contribution in [3.05, 3.63) is 47.0 Å². The molecular weight excluding hydrogens is 280 g/mol. The summed E-state index contributed by atoms with van der Waals surface area (Å²) in [5.74, 6) is 0.0995. The van der Waals surface area contributed by atoms with Crippen LogP contribution in [-0.4, -0.2) is 31.8 Å². The van der Waals surface area contributed by atoms with Gasteiger partial charge in [0.1, 0.15) is 22.5 Å². The van der Waals surface area contributed by atoms with Gasteiger partial charge in [-0.05, 0) is 48.7 Å². The molecular formula is C16H14N4O2. The lowest BCUT2D eigenvalue weighted by atomic mass is 10.1. The van der Waals surface area contributed by atoms with Crippen molar-refractivity contribution in [2.75, 3.05) is 6.61 Å². The zero-order valence-electron chi connectivity index (χ0n) is 12.0. The van der Waals surface area contributed by atoms with Crippen LogP contribution in [0.15, 0.2) is 30.3 Å². The Morgan fingerprint density at radius 3 is 2.68 bits per heavy atom. The monoisotopic (exact) mass is 294 g/mol. The Hall–Kier alpha value is -2.91. The lowest BCUT2D eigenvalue weighted by Crippen LogP contribution is -2.02. The number of aromatic hydroxyl groups is 1. The number of nitrogens with zero attached hydrogens (tertiary/aromatic N) is 4. The molecule has 6 nitrogen and oxygen atoms in total. The van der Waals surface area contributed by atoms with Gasteiger partial charge in [0, 0.05) is 6.61 Å². The highest BCUT2D eigenvalue weighted by Gasteiger charge is 2.13. The van der Waals surface area contributed by atoms with E-state index in [4.69, 9.17) is 10.4 Å². The van der Waals surface area contributed by atoms with Crippen LogP contribution in [0.1, 0.15) is 16.7 Å². The van der Waals surface area contributed by atoms with Crippen molar-refractivity contribution in [3.8, 4) is 17.5 Å². The summed E-state index contributed by atoms with van der Waals surface area (Å²) < 4.78 is 0. The number of hydrogen-bond donors (Lipinski definition) is 2. The molecule has 0 spiro atoms. The predicted octanol–water partition coefficient (Wildman–Crippen LogP) is 1.84. The van der Waals surface area contributed by atoms with Crippen molar-refractivity contribution in [2.45, 2.75) is 13.3 Å². The lowest BCUT2D eigenvalue weighted by Gasteiger charge is -2.09. The minimum atomic E-state index is 0.0314. The number of phenols is 1. The summed E-state index contributed by atoms with van der Waals surface area (Å²) in [5.41, 5.74) is 3.78. The van der Waals surface area contributed by atoms with Crippen LogP contribution in [0.5, 0.6) is 5.75 Å². The first-order chi connectivity index (χ1) is 10.6. The first-order valence-corrected chi connectivity index (χ1v) is 6.83. The van der Waals surface area contributed by atoms with Gasteiger partial charge in [-0.15, -0.1) is 15.0 Å². The van der Waals surface area contributed by atoms with Crippen molar-refractivity contribution < 1.29 is 10.2 Å². The third-order valence-electron chi connectivity index (χ3n) is 3.47. The molecule has 110 valence electrons. The van der Waals surface area contributed by atoms with E-state index in [-0.39, 0.29) is 12.4 Å². The second kappa shape index (κ2) is 5.47. The van der Waals surface area contributed by atoms with E-state index in [0.29, 0.717) is 34.3 Å². The third-order valence-corrected chi connectivity index (χ3v) is 3.47. The van der Waals surface area contributed by atoms with Gasteiger partial charge < -0.3 is 10.2 Å². The van der Waals surface area contributed by atoms with Crippen LogP contribution >= 0.6 is 0 Å². The van der Waals surface area contributed by atoms with Crippen LogP contribution in [0.4, 0.5) is 0 Å². The van der Waals surface area contributed by atoms with Gasteiger partial charge in [0.05, 0.1) is 11.6 Å². The molecule has 0 atom stereocenters. The average Bonchev–Trinajstić information content (AvgIpc) is 2.93. The number of hydrogen-bond acceptors (Lipinski definition) is 5. The van der Waals surface area contributed by atoms with E-state index < -0.39 is 0 Å². The van der Waals surface area contributed by atoms with Gasteiger partial charge in [0.2, 0.25) is 0 Å². The predicted molar refractivity (Wildman–Crippen MR) is 80.8 cm³/mol. The van der Waals surface area contributed by atoms with E-state index in [0.717, 1.165) is 5.56 Å². The molecule has 0 amide bonds. The normalized spacial score (nSPS) is 10.8. The molecule has 0 radical (unpaired) electrons. The SMILES string of the molecule is Cc1cc(CCO)cc(-n2nc3ccc(C#N)cc3n2)c1O. The van der Waals surface area contributed by atoms with E-state index in [2.05, 4.69) is 16.3 Å². The number of benzene rings is 2. The van der Waals surface area contributed by atoms with Gasteiger partial charge >= 0.3 is 0 Å². The molecule has 0 saturated heterocycles. The van der Waals surface area contributed by atoms with E-state index in [9.17, 15) is 5.11 Å².